The van der Waals surface area contributed by atoms with E-state index in [9.17, 15) is 14.7 Å². The number of hydrogen-bond acceptors (Lipinski definition) is 7. The number of rotatable bonds is 5. The molecule has 0 aliphatic carbocycles. The lowest BCUT2D eigenvalue weighted by Gasteiger charge is -2.11. The van der Waals surface area contributed by atoms with E-state index in [4.69, 9.17) is 9.15 Å². The third kappa shape index (κ3) is 3.22. The van der Waals surface area contributed by atoms with Crippen LogP contribution in [0.15, 0.2) is 58.0 Å². The van der Waals surface area contributed by atoms with Crippen LogP contribution in [0.2, 0.25) is 0 Å². The lowest BCUT2D eigenvalue weighted by atomic mass is 10.0. The number of hydrogen-bond donors (Lipinski definition) is 1. The second-order valence-corrected chi connectivity index (χ2v) is 6.55. The molecule has 0 fully saturated rings. The summed E-state index contributed by atoms with van der Waals surface area (Å²) in [5.74, 6) is -0.939. The Morgan fingerprint density at radius 1 is 1.20 bits per heavy atom. The van der Waals surface area contributed by atoms with E-state index in [0.717, 1.165) is 0 Å². The summed E-state index contributed by atoms with van der Waals surface area (Å²) >= 11 is 0. The van der Waals surface area contributed by atoms with Gasteiger partial charge in [-0.3, -0.25) is 9.36 Å². The summed E-state index contributed by atoms with van der Waals surface area (Å²) in [5, 5.41) is 18.4. The Labute approximate surface area is 171 Å². The van der Waals surface area contributed by atoms with E-state index in [1.54, 1.807) is 17.6 Å². The first kappa shape index (κ1) is 19.4. The van der Waals surface area contributed by atoms with Crippen LogP contribution in [0, 0.1) is 0 Å². The van der Waals surface area contributed by atoms with Crippen LogP contribution in [0.5, 0.6) is 5.75 Å². The fraction of sp³-hybridized carbons (Fsp3) is 0.182. The highest BCUT2D eigenvalue weighted by atomic mass is 16.5. The molecule has 4 rings (SSSR count). The van der Waals surface area contributed by atoms with Gasteiger partial charge in [0.15, 0.2) is 5.82 Å². The zero-order chi connectivity index (χ0) is 21.3. The number of carbonyl (C=O) groups excluding carboxylic acids is 1. The summed E-state index contributed by atoms with van der Waals surface area (Å²) < 4.78 is 12.5. The lowest BCUT2D eigenvalue weighted by molar-refractivity contribution is 0.0492. The molecule has 0 spiro atoms. The lowest BCUT2D eigenvalue weighted by Crippen LogP contribution is -2.17. The Balaban J connectivity index is 2.06. The van der Waals surface area contributed by atoms with Gasteiger partial charge < -0.3 is 14.3 Å². The summed E-state index contributed by atoms with van der Waals surface area (Å²) in [6, 6.07) is 12.1. The first-order chi connectivity index (χ1) is 14.5. The average Bonchev–Trinajstić information content (AvgIpc) is 3.23. The van der Waals surface area contributed by atoms with E-state index in [-0.39, 0.29) is 40.5 Å². The minimum Gasteiger partial charge on any atom is -0.508 e. The number of benzene rings is 2. The molecule has 0 saturated heterocycles. The molecule has 0 radical (unpaired) electrons. The van der Waals surface area contributed by atoms with Gasteiger partial charge in [0, 0.05) is 11.8 Å². The van der Waals surface area contributed by atoms with Crippen molar-refractivity contribution in [2.45, 2.75) is 20.3 Å². The topological polar surface area (TPSA) is 107 Å². The van der Waals surface area contributed by atoms with E-state index in [1.807, 2.05) is 37.3 Å². The number of esters is 1. The van der Waals surface area contributed by atoms with Gasteiger partial charge >= 0.3 is 5.97 Å². The van der Waals surface area contributed by atoms with Crippen molar-refractivity contribution in [2.24, 2.45) is 0 Å². The molecule has 0 aliphatic rings. The Bertz CT molecular complexity index is 1290. The van der Waals surface area contributed by atoms with Crippen molar-refractivity contribution in [3.05, 3.63) is 70.3 Å². The molecule has 0 amide bonds. The zero-order valence-corrected chi connectivity index (χ0v) is 16.5. The molecule has 8 heteroatoms. The molecule has 1 N–H and O–H groups in total. The van der Waals surface area contributed by atoms with E-state index in [1.165, 1.54) is 12.4 Å². The van der Waals surface area contributed by atoms with Crippen LogP contribution in [0.3, 0.4) is 0 Å². The molecule has 0 unspecified atom stereocenters. The van der Waals surface area contributed by atoms with Crippen LogP contribution < -0.4 is 5.43 Å². The monoisotopic (exact) mass is 405 g/mol. The maximum Gasteiger partial charge on any atom is 0.375 e. The van der Waals surface area contributed by atoms with Gasteiger partial charge in [-0.25, -0.2) is 4.79 Å². The molecule has 4 aromatic rings. The number of aromatic hydroxyl groups is 1. The first-order valence-corrected chi connectivity index (χ1v) is 9.50. The fourth-order valence-corrected chi connectivity index (χ4v) is 3.28. The molecule has 0 atom stereocenters. The highest BCUT2D eigenvalue weighted by molar-refractivity contribution is 5.97. The molecule has 2 heterocycles. The normalized spacial score (nSPS) is 11.0. The number of carbonyl (C=O) groups is 1. The van der Waals surface area contributed by atoms with Gasteiger partial charge in [-0.05, 0) is 37.1 Å². The number of aryl methyl sites for hydroxylation is 1. The third-order valence-corrected chi connectivity index (χ3v) is 4.74. The summed E-state index contributed by atoms with van der Waals surface area (Å²) in [7, 11) is 0. The van der Waals surface area contributed by atoms with Crippen molar-refractivity contribution in [3.63, 3.8) is 0 Å². The number of phenolic OH excluding ortho intramolecular Hbond substituents is 1. The molecule has 0 bridgehead atoms. The van der Waals surface area contributed by atoms with Crippen LogP contribution in [0.1, 0.15) is 30.0 Å². The van der Waals surface area contributed by atoms with Crippen molar-refractivity contribution in [1.82, 2.24) is 14.8 Å². The number of aromatic nitrogens is 3. The highest BCUT2D eigenvalue weighted by Gasteiger charge is 2.27. The number of fused-ring (bicyclic) bond motifs is 1. The Morgan fingerprint density at radius 2 is 1.97 bits per heavy atom. The van der Waals surface area contributed by atoms with Gasteiger partial charge in [-0.2, -0.15) is 0 Å². The minimum atomic E-state index is -0.798. The molecule has 0 saturated carbocycles. The Hall–Kier alpha value is -3.94. The summed E-state index contributed by atoms with van der Waals surface area (Å²) in [5.41, 5.74) is 0.891. The second-order valence-electron chi connectivity index (χ2n) is 6.55. The quantitative estimate of drug-likeness (QED) is 0.507. The van der Waals surface area contributed by atoms with E-state index >= 15 is 0 Å². The standard InChI is InChI=1S/C22H19N3O5/c1-3-13-10-15-17(11-16(13)26)30-20(22(28)29-4-2)18(19(15)27)21-24-23-12-25(21)14-8-6-5-7-9-14/h5-12,26H,3-4H2,1-2H3. The maximum absolute atomic E-state index is 13.5. The van der Waals surface area contributed by atoms with Crippen LogP contribution in [0.25, 0.3) is 28.0 Å². The second kappa shape index (κ2) is 7.82. The molecule has 2 aromatic carbocycles. The number of ether oxygens (including phenoxy) is 1. The molecule has 152 valence electrons. The molecule has 2 aromatic heterocycles. The number of nitrogens with zero attached hydrogens (tertiary/aromatic N) is 3. The van der Waals surface area contributed by atoms with Crippen LogP contribution in [-0.2, 0) is 11.2 Å². The van der Waals surface area contributed by atoms with Crippen LogP contribution in [-0.4, -0.2) is 32.4 Å². The van der Waals surface area contributed by atoms with Crippen molar-refractivity contribution in [2.75, 3.05) is 6.61 Å². The van der Waals surface area contributed by atoms with Gasteiger partial charge in [0.2, 0.25) is 11.2 Å². The molecular weight excluding hydrogens is 386 g/mol. The summed E-state index contributed by atoms with van der Waals surface area (Å²) in [4.78, 5) is 26.1. The largest absolute Gasteiger partial charge is 0.508 e. The van der Waals surface area contributed by atoms with E-state index < -0.39 is 11.4 Å². The van der Waals surface area contributed by atoms with Crippen LogP contribution >= 0.6 is 0 Å². The average molecular weight is 405 g/mol. The van der Waals surface area contributed by atoms with Gasteiger partial charge in [0.25, 0.3) is 0 Å². The molecule has 0 aliphatic heterocycles. The summed E-state index contributed by atoms with van der Waals surface area (Å²) in [6.45, 7) is 3.62. The Kier molecular flexibility index (Phi) is 5.05. The van der Waals surface area contributed by atoms with E-state index in [0.29, 0.717) is 17.7 Å². The SMILES string of the molecule is CCOC(=O)c1oc2cc(O)c(CC)cc2c(=O)c1-c1nncn1-c1ccccc1. The van der Waals surface area contributed by atoms with Crippen molar-refractivity contribution < 1.29 is 19.1 Å². The first-order valence-electron chi connectivity index (χ1n) is 9.50. The zero-order valence-electron chi connectivity index (χ0n) is 16.5. The molecule has 30 heavy (non-hydrogen) atoms. The predicted octanol–water partition coefficient (Wildman–Crippen LogP) is 3.49. The van der Waals surface area contributed by atoms with Crippen molar-refractivity contribution in [3.8, 4) is 22.8 Å². The van der Waals surface area contributed by atoms with Gasteiger partial charge in [-0.1, -0.05) is 25.1 Å². The smallest absolute Gasteiger partial charge is 0.375 e. The molecule has 8 nitrogen and oxygen atoms in total. The molecular formula is C22H19N3O5. The highest BCUT2D eigenvalue weighted by Crippen LogP contribution is 2.29. The van der Waals surface area contributed by atoms with Gasteiger partial charge in [0.05, 0.1) is 12.0 Å². The van der Waals surface area contributed by atoms with E-state index in [2.05, 4.69) is 10.2 Å². The van der Waals surface area contributed by atoms with Crippen LogP contribution in [0.4, 0.5) is 0 Å². The van der Waals surface area contributed by atoms with Gasteiger partial charge in [-0.15, -0.1) is 10.2 Å². The number of phenols is 1. The summed E-state index contributed by atoms with van der Waals surface area (Å²) in [6.07, 6.45) is 1.98. The van der Waals surface area contributed by atoms with Gasteiger partial charge in [0.1, 0.15) is 23.2 Å². The third-order valence-electron chi connectivity index (χ3n) is 4.74. The number of para-hydroxylation sites is 1. The Morgan fingerprint density at radius 3 is 2.67 bits per heavy atom. The van der Waals surface area contributed by atoms with Crippen molar-refractivity contribution >= 4 is 16.9 Å². The van der Waals surface area contributed by atoms with Crippen molar-refractivity contribution in [1.29, 1.82) is 0 Å². The predicted molar refractivity (Wildman–Crippen MR) is 110 cm³/mol. The minimum absolute atomic E-state index is 0.0110. The fourth-order valence-electron chi connectivity index (χ4n) is 3.28. The maximum atomic E-state index is 13.5.